The lowest BCUT2D eigenvalue weighted by Crippen LogP contribution is -2.28. The molecule has 0 bridgehead atoms. The van der Waals surface area contributed by atoms with Crippen LogP contribution in [0.5, 0.6) is 0 Å². The van der Waals surface area contributed by atoms with Gasteiger partial charge in [-0.1, -0.05) is 6.07 Å². The van der Waals surface area contributed by atoms with Crippen molar-refractivity contribution in [3.63, 3.8) is 0 Å². The molecule has 7 nitrogen and oxygen atoms in total. The van der Waals surface area contributed by atoms with Crippen LogP contribution in [0.3, 0.4) is 0 Å². The first-order valence-corrected chi connectivity index (χ1v) is 8.52. The van der Waals surface area contributed by atoms with Gasteiger partial charge in [-0.2, -0.15) is 5.26 Å². The van der Waals surface area contributed by atoms with Crippen LogP contribution in [0, 0.1) is 11.3 Å². The number of aromatic amines is 1. The third-order valence-electron chi connectivity index (χ3n) is 4.33. The number of carbonyl (C=O) groups is 1. The normalized spacial score (nSPS) is 12.0. The Morgan fingerprint density at radius 3 is 2.96 bits per heavy atom. The minimum Gasteiger partial charge on any atom is -0.348 e. The summed E-state index contributed by atoms with van der Waals surface area (Å²) in [6.45, 7) is 1.89. The van der Waals surface area contributed by atoms with E-state index >= 15 is 0 Å². The van der Waals surface area contributed by atoms with Crippen molar-refractivity contribution in [3.05, 3.63) is 65.9 Å². The van der Waals surface area contributed by atoms with Gasteiger partial charge in [0.05, 0.1) is 52.5 Å². The Morgan fingerprint density at radius 2 is 2.19 bits per heavy atom. The van der Waals surface area contributed by atoms with Crippen LogP contribution >= 0.6 is 0 Å². The van der Waals surface area contributed by atoms with E-state index < -0.39 is 0 Å². The van der Waals surface area contributed by atoms with Crippen LogP contribution in [-0.4, -0.2) is 25.8 Å². The molecule has 0 radical (unpaired) electrons. The van der Waals surface area contributed by atoms with Gasteiger partial charge in [0.2, 0.25) is 5.91 Å². The van der Waals surface area contributed by atoms with Gasteiger partial charge in [-0.15, -0.1) is 0 Å². The molecule has 0 aliphatic carbocycles. The second kappa shape index (κ2) is 6.84. The molecule has 3 aromatic heterocycles. The van der Waals surface area contributed by atoms with Crippen molar-refractivity contribution in [2.24, 2.45) is 0 Å². The van der Waals surface area contributed by atoms with E-state index in [0.29, 0.717) is 16.9 Å². The molecule has 7 heteroatoms. The number of hydrogen-bond acceptors (Lipinski definition) is 5. The molecule has 2 N–H and O–H groups in total. The predicted octanol–water partition coefficient (Wildman–Crippen LogP) is 2.80. The van der Waals surface area contributed by atoms with E-state index in [2.05, 4.69) is 31.3 Å². The van der Waals surface area contributed by atoms with E-state index in [1.807, 2.05) is 25.1 Å². The maximum absolute atomic E-state index is 12.4. The van der Waals surface area contributed by atoms with Crippen LogP contribution in [0.25, 0.3) is 21.9 Å². The number of nitriles is 1. The largest absolute Gasteiger partial charge is 0.348 e. The maximum Gasteiger partial charge on any atom is 0.228 e. The van der Waals surface area contributed by atoms with E-state index in [1.165, 1.54) is 0 Å². The molecule has 1 aromatic carbocycles. The van der Waals surface area contributed by atoms with Crippen molar-refractivity contribution in [2.45, 2.75) is 19.4 Å². The summed E-state index contributed by atoms with van der Waals surface area (Å²) in [5.41, 5.74) is 3.54. The van der Waals surface area contributed by atoms with Crippen LogP contribution in [0.2, 0.25) is 0 Å². The molecule has 1 atom stereocenters. The molecule has 0 saturated heterocycles. The van der Waals surface area contributed by atoms with E-state index in [4.69, 9.17) is 5.26 Å². The third kappa shape index (κ3) is 3.33. The highest BCUT2D eigenvalue weighted by atomic mass is 16.1. The topological polar surface area (TPSA) is 107 Å². The molecule has 0 aliphatic heterocycles. The molecule has 0 saturated carbocycles. The number of H-pyrrole nitrogens is 1. The standard InChI is InChI=1S/C20H16N6O/c1-12(15-4-2-3-7-22-15)24-19(27)9-18-25-17-11-23-16-6-5-13(10-21)8-14(16)20(17)26-18/h2-8,11-12H,9H2,1H3,(H,24,27)(H,25,26)/t12-/m0/s1. The van der Waals surface area contributed by atoms with E-state index in [-0.39, 0.29) is 18.4 Å². The minimum absolute atomic E-state index is 0.116. The summed E-state index contributed by atoms with van der Waals surface area (Å²) < 4.78 is 0. The van der Waals surface area contributed by atoms with Crippen molar-refractivity contribution in [3.8, 4) is 6.07 Å². The molecule has 1 amide bonds. The molecule has 132 valence electrons. The van der Waals surface area contributed by atoms with Crippen molar-refractivity contribution < 1.29 is 4.79 Å². The number of nitrogens with one attached hydrogen (secondary N) is 2. The number of pyridine rings is 2. The highest BCUT2D eigenvalue weighted by Gasteiger charge is 2.14. The zero-order valence-electron chi connectivity index (χ0n) is 14.6. The van der Waals surface area contributed by atoms with Crippen LogP contribution in [0.4, 0.5) is 0 Å². The van der Waals surface area contributed by atoms with Crippen LogP contribution in [0.15, 0.2) is 48.8 Å². The molecular formula is C20H16N6O. The lowest BCUT2D eigenvalue weighted by molar-refractivity contribution is -0.121. The SMILES string of the molecule is C[C@H](NC(=O)Cc1nc2c(cnc3ccc(C#N)cc32)[nH]1)c1ccccn1. The van der Waals surface area contributed by atoms with Gasteiger partial charge in [-0.25, -0.2) is 4.98 Å². The molecule has 0 spiro atoms. The fourth-order valence-corrected chi connectivity index (χ4v) is 3.01. The summed E-state index contributed by atoms with van der Waals surface area (Å²) >= 11 is 0. The smallest absolute Gasteiger partial charge is 0.228 e. The number of nitrogens with zero attached hydrogens (tertiary/aromatic N) is 4. The number of amides is 1. The maximum atomic E-state index is 12.4. The van der Waals surface area contributed by atoms with Crippen LogP contribution < -0.4 is 5.32 Å². The molecular weight excluding hydrogens is 340 g/mol. The first-order valence-electron chi connectivity index (χ1n) is 8.52. The Morgan fingerprint density at radius 1 is 1.30 bits per heavy atom. The fraction of sp³-hybridized carbons (Fsp3) is 0.150. The highest BCUT2D eigenvalue weighted by Crippen LogP contribution is 2.23. The van der Waals surface area contributed by atoms with Gasteiger partial charge < -0.3 is 10.3 Å². The minimum atomic E-state index is -0.191. The molecule has 3 heterocycles. The molecule has 4 rings (SSSR count). The first kappa shape index (κ1) is 16.7. The third-order valence-corrected chi connectivity index (χ3v) is 4.33. The molecule has 4 aromatic rings. The van der Waals surface area contributed by atoms with Gasteiger partial charge in [0, 0.05) is 11.6 Å². The number of benzene rings is 1. The van der Waals surface area contributed by atoms with Crippen molar-refractivity contribution in [1.82, 2.24) is 25.3 Å². The Kier molecular flexibility index (Phi) is 4.22. The number of hydrogen-bond donors (Lipinski definition) is 2. The lowest BCUT2D eigenvalue weighted by Gasteiger charge is -2.12. The van der Waals surface area contributed by atoms with Crippen molar-refractivity contribution >= 4 is 27.8 Å². The Bertz CT molecular complexity index is 1180. The second-order valence-corrected chi connectivity index (χ2v) is 6.27. The number of fused-ring (bicyclic) bond motifs is 3. The summed E-state index contributed by atoms with van der Waals surface area (Å²) in [6, 6.07) is 12.8. The first-order chi connectivity index (χ1) is 13.1. The Hall–Kier alpha value is -3.79. The summed E-state index contributed by atoms with van der Waals surface area (Å²) in [7, 11) is 0. The van der Waals surface area contributed by atoms with Crippen molar-refractivity contribution in [2.75, 3.05) is 0 Å². The zero-order chi connectivity index (χ0) is 18.8. The second-order valence-electron chi connectivity index (χ2n) is 6.27. The van der Waals surface area contributed by atoms with Gasteiger partial charge in [-0.3, -0.25) is 14.8 Å². The Labute approximate surface area is 155 Å². The highest BCUT2D eigenvalue weighted by molar-refractivity contribution is 6.02. The zero-order valence-corrected chi connectivity index (χ0v) is 14.6. The van der Waals surface area contributed by atoms with Gasteiger partial charge >= 0.3 is 0 Å². The lowest BCUT2D eigenvalue weighted by atomic mass is 10.1. The summed E-state index contributed by atoms with van der Waals surface area (Å²) in [5.74, 6) is 0.398. The van der Waals surface area contributed by atoms with Crippen LogP contribution in [0.1, 0.15) is 30.0 Å². The summed E-state index contributed by atoms with van der Waals surface area (Å²) in [5, 5.41) is 12.8. The molecule has 27 heavy (non-hydrogen) atoms. The average Bonchev–Trinajstić information content (AvgIpc) is 3.10. The summed E-state index contributed by atoms with van der Waals surface area (Å²) in [6.07, 6.45) is 3.50. The molecule has 0 unspecified atom stereocenters. The van der Waals surface area contributed by atoms with E-state index in [9.17, 15) is 4.79 Å². The van der Waals surface area contributed by atoms with Gasteiger partial charge in [0.15, 0.2) is 0 Å². The van der Waals surface area contributed by atoms with Crippen LogP contribution in [-0.2, 0) is 11.2 Å². The number of imidazole rings is 1. The Balaban J connectivity index is 1.58. The van der Waals surface area contributed by atoms with Gasteiger partial charge in [0.1, 0.15) is 5.82 Å². The number of carbonyl (C=O) groups excluding carboxylic acids is 1. The summed E-state index contributed by atoms with van der Waals surface area (Å²) in [4.78, 5) is 28.7. The number of rotatable bonds is 4. The predicted molar refractivity (Wildman–Crippen MR) is 101 cm³/mol. The quantitative estimate of drug-likeness (QED) is 0.585. The van der Waals surface area contributed by atoms with Gasteiger partial charge in [-0.05, 0) is 37.3 Å². The number of aromatic nitrogens is 4. The monoisotopic (exact) mass is 356 g/mol. The molecule has 0 fully saturated rings. The van der Waals surface area contributed by atoms with E-state index in [1.54, 1.807) is 30.6 Å². The molecule has 0 aliphatic rings. The van der Waals surface area contributed by atoms with E-state index in [0.717, 1.165) is 22.1 Å². The van der Waals surface area contributed by atoms with Gasteiger partial charge in [0.25, 0.3) is 0 Å². The van der Waals surface area contributed by atoms with Crippen molar-refractivity contribution in [1.29, 1.82) is 5.26 Å². The fourth-order valence-electron chi connectivity index (χ4n) is 3.01. The average molecular weight is 356 g/mol.